The Kier molecular flexibility index (Phi) is 2.53. The largest absolute Gasteiger partial charge is 0.296 e. The Labute approximate surface area is 59.2 Å². The van der Waals surface area contributed by atoms with Gasteiger partial charge in [-0.2, -0.15) is 0 Å². The maximum Gasteiger partial charge on any atom is 0.0668 e. The molecule has 0 aromatic heterocycles. The molecule has 0 aromatic rings. The summed E-state index contributed by atoms with van der Waals surface area (Å²) in [5.41, 5.74) is 0. The van der Waals surface area contributed by atoms with Gasteiger partial charge in [0.2, 0.25) is 0 Å². The van der Waals surface area contributed by atoms with Crippen LogP contribution in [0.1, 0.15) is 13.8 Å². The standard InChI is InChI=1S/C5H12IN/c1-5(2,6)7(3)4/h1-4H3. The summed E-state index contributed by atoms with van der Waals surface area (Å²) in [6.45, 7) is 4.35. The van der Waals surface area contributed by atoms with E-state index in [9.17, 15) is 0 Å². The fourth-order valence-corrected chi connectivity index (χ4v) is 0. The van der Waals surface area contributed by atoms with Gasteiger partial charge in [-0.15, -0.1) is 0 Å². The Morgan fingerprint density at radius 1 is 1.29 bits per heavy atom. The summed E-state index contributed by atoms with van der Waals surface area (Å²) in [7, 11) is 4.15. The highest BCUT2D eigenvalue weighted by Gasteiger charge is 2.13. The molecule has 0 radical (unpaired) electrons. The quantitative estimate of drug-likeness (QED) is 0.364. The summed E-state index contributed by atoms with van der Waals surface area (Å²) in [6.07, 6.45) is 0. The van der Waals surface area contributed by atoms with Gasteiger partial charge < -0.3 is 0 Å². The van der Waals surface area contributed by atoms with Crippen LogP contribution in [-0.4, -0.2) is 22.5 Å². The number of hydrogen-bond donors (Lipinski definition) is 0. The second-order valence-corrected chi connectivity index (χ2v) is 4.94. The molecule has 0 fully saturated rings. The van der Waals surface area contributed by atoms with Crippen LogP contribution in [0.3, 0.4) is 0 Å². The monoisotopic (exact) mass is 213 g/mol. The Morgan fingerprint density at radius 2 is 1.43 bits per heavy atom. The average molecular weight is 213 g/mol. The topological polar surface area (TPSA) is 3.24 Å². The Balaban J connectivity index is 3.54. The van der Waals surface area contributed by atoms with E-state index in [1.165, 1.54) is 0 Å². The molecular weight excluding hydrogens is 201 g/mol. The molecule has 0 N–H and O–H groups in total. The Morgan fingerprint density at radius 3 is 1.43 bits per heavy atom. The summed E-state index contributed by atoms with van der Waals surface area (Å²) < 4.78 is 0.303. The minimum Gasteiger partial charge on any atom is -0.296 e. The average Bonchev–Trinajstić information content (AvgIpc) is 1.31. The van der Waals surface area contributed by atoms with Gasteiger partial charge in [0.25, 0.3) is 0 Å². The van der Waals surface area contributed by atoms with Crippen LogP contribution in [0.4, 0.5) is 0 Å². The number of alkyl halides is 1. The third kappa shape index (κ3) is 3.29. The molecule has 0 amide bonds. The minimum absolute atomic E-state index is 0.303. The lowest BCUT2D eigenvalue weighted by Gasteiger charge is -2.24. The van der Waals surface area contributed by atoms with Gasteiger partial charge in [-0.3, -0.25) is 4.90 Å². The van der Waals surface area contributed by atoms with Crippen LogP contribution >= 0.6 is 22.6 Å². The van der Waals surface area contributed by atoms with E-state index < -0.39 is 0 Å². The third-order valence-electron chi connectivity index (χ3n) is 1.06. The van der Waals surface area contributed by atoms with Crippen molar-refractivity contribution in [1.29, 1.82) is 0 Å². The van der Waals surface area contributed by atoms with Crippen molar-refractivity contribution in [3.05, 3.63) is 0 Å². The van der Waals surface area contributed by atoms with Crippen LogP contribution in [0.25, 0.3) is 0 Å². The van der Waals surface area contributed by atoms with E-state index in [4.69, 9.17) is 0 Å². The van der Waals surface area contributed by atoms with Crippen LogP contribution in [0.15, 0.2) is 0 Å². The Bertz CT molecular complexity index is 53.6. The lowest BCUT2D eigenvalue weighted by atomic mass is 10.4. The second-order valence-electron chi connectivity index (χ2n) is 2.30. The van der Waals surface area contributed by atoms with Gasteiger partial charge in [-0.1, -0.05) is 22.6 Å². The molecule has 1 nitrogen and oxygen atoms in total. The maximum atomic E-state index is 2.39. The molecule has 0 atom stereocenters. The maximum absolute atomic E-state index is 2.39. The predicted octanol–water partition coefficient (Wildman–Crippen LogP) is 1.72. The molecule has 44 valence electrons. The molecule has 0 saturated carbocycles. The van der Waals surface area contributed by atoms with Crippen molar-refractivity contribution in [3.63, 3.8) is 0 Å². The van der Waals surface area contributed by atoms with E-state index in [1.54, 1.807) is 0 Å². The molecule has 7 heavy (non-hydrogen) atoms. The molecule has 0 unspecified atom stereocenters. The van der Waals surface area contributed by atoms with Gasteiger partial charge in [0, 0.05) is 0 Å². The lowest BCUT2D eigenvalue weighted by Crippen LogP contribution is -2.30. The molecule has 0 aliphatic carbocycles. The molecule has 0 aliphatic rings. The van der Waals surface area contributed by atoms with Crippen molar-refractivity contribution in [1.82, 2.24) is 4.90 Å². The van der Waals surface area contributed by atoms with Crippen LogP contribution in [-0.2, 0) is 0 Å². The smallest absolute Gasteiger partial charge is 0.0668 e. The molecule has 0 saturated heterocycles. The molecule has 0 spiro atoms. The molecule has 2 heteroatoms. The zero-order chi connectivity index (χ0) is 6.08. The SMILES string of the molecule is CN(C)C(C)(C)I. The van der Waals surface area contributed by atoms with Crippen molar-refractivity contribution in [3.8, 4) is 0 Å². The van der Waals surface area contributed by atoms with Crippen molar-refractivity contribution in [2.45, 2.75) is 17.4 Å². The van der Waals surface area contributed by atoms with Crippen molar-refractivity contribution >= 4 is 22.6 Å². The first kappa shape index (κ1) is 7.69. The molecule has 0 heterocycles. The lowest BCUT2D eigenvalue weighted by molar-refractivity contribution is 0.318. The van der Waals surface area contributed by atoms with Crippen molar-refractivity contribution in [2.24, 2.45) is 0 Å². The zero-order valence-electron chi connectivity index (χ0n) is 5.33. The number of rotatable bonds is 1. The van der Waals surface area contributed by atoms with E-state index in [0.717, 1.165) is 0 Å². The van der Waals surface area contributed by atoms with Gasteiger partial charge in [0.1, 0.15) is 0 Å². The second kappa shape index (κ2) is 2.31. The normalized spacial score (nSPS) is 12.9. The van der Waals surface area contributed by atoms with E-state index in [2.05, 4.69) is 55.4 Å². The number of nitrogens with zero attached hydrogens (tertiary/aromatic N) is 1. The highest BCUT2D eigenvalue weighted by atomic mass is 127. The van der Waals surface area contributed by atoms with Crippen LogP contribution in [0, 0.1) is 0 Å². The van der Waals surface area contributed by atoms with E-state index in [-0.39, 0.29) is 0 Å². The molecule has 0 bridgehead atoms. The summed E-state index contributed by atoms with van der Waals surface area (Å²) in [5, 5.41) is 0. The number of hydrogen-bond acceptors (Lipinski definition) is 1. The first-order chi connectivity index (χ1) is 2.94. The predicted molar refractivity (Wildman–Crippen MR) is 41.8 cm³/mol. The fraction of sp³-hybridized carbons (Fsp3) is 1.00. The van der Waals surface area contributed by atoms with Crippen molar-refractivity contribution in [2.75, 3.05) is 14.1 Å². The van der Waals surface area contributed by atoms with Crippen LogP contribution < -0.4 is 0 Å². The fourth-order valence-electron chi connectivity index (χ4n) is 0. The first-order valence-electron chi connectivity index (χ1n) is 2.31. The van der Waals surface area contributed by atoms with Crippen LogP contribution in [0.5, 0.6) is 0 Å². The highest BCUT2D eigenvalue weighted by molar-refractivity contribution is 14.1. The van der Waals surface area contributed by atoms with Crippen LogP contribution in [0.2, 0.25) is 0 Å². The molecule has 0 rings (SSSR count). The van der Waals surface area contributed by atoms with E-state index in [1.807, 2.05) is 0 Å². The van der Waals surface area contributed by atoms with Gasteiger partial charge in [0.05, 0.1) is 3.55 Å². The number of halogens is 1. The molecular formula is C5H12IN. The van der Waals surface area contributed by atoms with Gasteiger partial charge >= 0.3 is 0 Å². The van der Waals surface area contributed by atoms with E-state index >= 15 is 0 Å². The van der Waals surface area contributed by atoms with E-state index in [0.29, 0.717) is 3.55 Å². The van der Waals surface area contributed by atoms with Gasteiger partial charge in [-0.25, -0.2) is 0 Å². The van der Waals surface area contributed by atoms with Gasteiger partial charge in [0.15, 0.2) is 0 Å². The molecule has 0 aromatic carbocycles. The third-order valence-corrected chi connectivity index (χ3v) is 2.03. The highest BCUT2D eigenvalue weighted by Crippen LogP contribution is 2.17. The minimum atomic E-state index is 0.303. The van der Waals surface area contributed by atoms with Gasteiger partial charge in [-0.05, 0) is 27.9 Å². The summed E-state index contributed by atoms with van der Waals surface area (Å²) in [6, 6.07) is 0. The summed E-state index contributed by atoms with van der Waals surface area (Å²) in [4.78, 5) is 2.17. The zero-order valence-corrected chi connectivity index (χ0v) is 7.48. The Hall–Kier alpha value is 0.690. The summed E-state index contributed by atoms with van der Waals surface area (Å²) >= 11 is 2.39. The van der Waals surface area contributed by atoms with Crippen molar-refractivity contribution < 1.29 is 0 Å². The summed E-state index contributed by atoms with van der Waals surface area (Å²) in [5.74, 6) is 0. The molecule has 0 aliphatic heterocycles. The first-order valence-corrected chi connectivity index (χ1v) is 3.39.